The molecule has 0 saturated heterocycles. The summed E-state index contributed by atoms with van der Waals surface area (Å²) in [6, 6.07) is 0. The Morgan fingerprint density at radius 2 is 1.26 bits per heavy atom. The molecule has 0 amide bonds. The second kappa shape index (κ2) is 6.46. The van der Waals surface area contributed by atoms with Gasteiger partial charge >= 0.3 is 5.69 Å². The fourth-order valence-electron chi connectivity index (χ4n) is 3.03. The zero-order valence-electron chi connectivity index (χ0n) is 14.8. The number of hydrogen-bond donors (Lipinski definition) is 1. The van der Waals surface area contributed by atoms with Crippen LogP contribution in [-0.2, 0) is 20.9 Å². The molecule has 0 spiro atoms. The number of rotatable bonds is 4. The zero-order chi connectivity index (χ0) is 17.5. The van der Waals surface area contributed by atoms with E-state index in [1.807, 2.05) is 12.2 Å². The van der Waals surface area contributed by atoms with Gasteiger partial charge in [-0.3, -0.25) is 0 Å². The van der Waals surface area contributed by atoms with Gasteiger partial charge in [0, 0.05) is 0 Å². The van der Waals surface area contributed by atoms with Gasteiger partial charge in [0.05, 0.1) is 0 Å². The van der Waals surface area contributed by atoms with Crippen molar-refractivity contribution in [2.75, 3.05) is 0 Å². The van der Waals surface area contributed by atoms with Crippen molar-refractivity contribution in [3.05, 3.63) is 47.0 Å². The summed E-state index contributed by atoms with van der Waals surface area (Å²) in [4.78, 5) is 0. The third-order valence-electron chi connectivity index (χ3n) is 4.08. The molecule has 0 unspecified atom stereocenters. The zero-order valence-corrected chi connectivity index (χ0v) is 17.4. The number of hydrogen-bond acceptors (Lipinski definition) is 3. The molecule has 0 bridgehead atoms. The van der Waals surface area contributed by atoms with Crippen LogP contribution in [0.15, 0.2) is 47.0 Å². The molecule has 23 heavy (non-hydrogen) atoms. The topological polar surface area (TPSA) is 18.5 Å². The van der Waals surface area contributed by atoms with Crippen molar-refractivity contribution in [2.24, 2.45) is 10.8 Å². The van der Waals surface area contributed by atoms with E-state index in [-0.39, 0.29) is 10.8 Å². The van der Waals surface area contributed by atoms with Crippen LogP contribution in [0.4, 0.5) is 0 Å². The minimum atomic E-state index is -2.68. The van der Waals surface area contributed by atoms with Gasteiger partial charge in [-0.05, 0) is 72.6 Å². The van der Waals surface area contributed by atoms with Gasteiger partial charge in [-0.2, -0.15) is 0 Å². The van der Waals surface area contributed by atoms with Crippen molar-refractivity contribution in [2.45, 2.75) is 54.4 Å². The van der Waals surface area contributed by atoms with Crippen LogP contribution in [0.1, 0.15) is 54.4 Å². The fourth-order valence-corrected chi connectivity index (χ4v) is 5.01. The molecule has 0 aromatic carbocycles. The van der Waals surface area contributed by atoms with Crippen LogP contribution in [-0.4, -0.2) is 0 Å². The average molecular weight is 371 g/mol. The molecule has 0 fully saturated rings. The average Bonchev–Trinajstić information content (AvgIpc) is 2.35. The maximum Gasteiger partial charge on any atom is 0.345 e. The molecule has 0 atom stereocenters. The molecule has 2 aliphatic rings. The monoisotopic (exact) mass is 370 g/mol. The highest BCUT2D eigenvalue weighted by atomic mass is 32.9. The van der Waals surface area contributed by atoms with Gasteiger partial charge in [0.15, 0.2) is 0 Å². The first-order valence-corrected chi connectivity index (χ1v) is 11.7. The molecule has 0 aliphatic heterocycles. The summed E-state index contributed by atoms with van der Waals surface area (Å²) in [6.07, 6.45) is 10.2. The van der Waals surface area contributed by atoms with E-state index < -0.39 is 5.69 Å². The summed E-state index contributed by atoms with van der Waals surface area (Å²) < 4.78 is 12.0. The van der Waals surface area contributed by atoms with Crippen LogP contribution in [0, 0.1) is 10.8 Å². The van der Waals surface area contributed by atoms with Crippen molar-refractivity contribution < 1.29 is 9.05 Å². The molecule has 0 heterocycles. The van der Waals surface area contributed by atoms with E-state index in [2.05, 4.69) is 65.9 Å². The van der Waals surface area contributed by atoms with E-state index >= 15 is 0 Å². The lowest BCUT2D eigenvalue weighted by molar-refractivity contribution is 0.355. The Morgan fingerprint density at radius 1 is 0.913 bits per heavy atom. The molecule has 0 aromatic heterocycles. The predicted molar refractivity (Wildman–Crippen MR) is 106 cm³/mol. The molecular weight excluding hydrogens is 343 g/mol. The number of thiol groups is 1. The van der Waals surface area contributed by atoms with Gasteiger partial charge in [-0.25, -0.2) is 0 Å². The molecule has 5 heteroatoms. The van der Waals surface area contributed by atoms with Gasteiger partial charge in [0.1, 0.15) is 11.5 Å². The van der Waals surface area contributed by atoms with E-state index in [1.165, 1.54) is 11.1 Å². The quantitative estimate of drug-likeness (QED) is 0.439. The minimum Gasteiger partial charge on any atom is -0.428 e. The van der Waals surface area contributed by atoms with Crippen LogP contribution >= 0.6 is 17.9 Å². The second-order valence-corrected chi connectivity index (χ2v) is 13.1. The maximum absolute atomic E-state index is 5.98. The summed E-state index contributed by atoms with van der Waals surface area (Å²) in [7, 11) is 0. The highest BCUT2D eigenvalue weighted by Gasteiger charge is 2.27. The van der Waals surface area contributed by atoms with Crippen molar-refractivity contribution in [1.82, 2.24) is 0 Å². The smallest absolute Gasteiger partial charge is 0.345 e. The molecule has 128 valence electrons. The maximum atomic E-state index is 5.98. The lowest BCUT2D eigenvalue weighted by atomic mass is 9.82. The molecule has 2 aliphatic carbocycles. The summed E-state index contributed by atoms with van der Waals surface area (Å²) in [5.74, 6) is 1.61. The summed E-state index contributed by atoms with van der Waals surface area (Å²) >= 11 is 10.0. The summed E-state index contributed by atoms with van der Waals surface area (Å²) in [5.41, 5.74) is 0.0230. The van der Waals surface area contributed by atoms with Crippen LogP contribution < -0.4 is 0 Å². The van der Waals surface area contributed by atoms with Crippen LogP contribution in [0.5, 0.6) is 0 Å². The summed E-state index contributed by atoms with van der Waals surface area (Å²) in [6.45, 7) is 13.0. The first-order valence-electron chi connectivity index (χ1n) is 7.89. The predicted octanol–water partition coefficient (Wildman–Crippen LogP) is 6.69. The first-order chi connectivity index (χ1) is 10.4. The van der Waals surface area contributed by atoms with Gasteiger partial charge in [-0.1, -0.05) is 52.1 Å². The van der Waals surface area contributed by atoms with Crippen LogP contribution in [0.2, 0.25) is 0 Å². The van der Waals surface area contributed by atoms with E-state index in [4.69, 9.17) is 20.9 Å². The van der Waals surface area contributed by atoms with E-state index in [9.17, 15) is 0 Å². The first kappa shape index (κ1) is 18.9. The molecule has 0 N–H and O–H groups in total. The lowest BCUT2D eigenvalue weighted by Crippen LogP contribution is -2.14. The standard InChI is InChI=1S/C18H27O2PS2/c1-13-11-17(3,4)9-7-15(13)19-21(22,23)20-16-8-10-18(5,6)12-14(16)2/h7-10H,11-12H2,1-6H3,(H,22,23). The Labute approximate surface area is 151 Å². The Balaban J connectivity index is 2.11. The van der Waals surface area contributed by atoms with Gasteiger partial charge in [-0.15, -0.1) is 0 Å². The molecule has 2 rings (SSSR count). The Bertz CT molecular complexity index is 613. The highest BCUT2D eigenvalue weighted by Crippen LogP contribution is 2.59. The largest absolute Gasteiger partial charge is 0.428 e. The van der Waals surface area contributed by atoms with Crippen LogP contribution in [0.3, 0.4) is 0 Å². The van der Waals surface area contributed by atoms with E-state index in [0.717, 1.165) is 24.4 Å². The van der Waals surface area contributed by atoms with Crippen molar-refractivity contribution >= 4 is 29.7 Å². The van der Waals surface area contributed by atoms with E-state index in [1.54, 1.807) is 0 Å². The summed E-state index contributed by atoms with van der Waals surface area (Å²) in [5, 5.41) is 0. The third kappa shape index (κ3) is 5.27. The second-order valence-electron chi connectivity index (χ2n) is 7.94. The van der Waals surface area contributed by atoms with Gasteiger partial charge in [0.25, 0.3) is 0 Å². The Hall–Kier alpha value is -0.440. The molecule has 0 radical (unpaired) electrons. The van der Waals surface area contributed by atoms with Gasteiger partial charge < -0.3 is 9.05 Å². The lowest BCUT2D eigenvalue weighted by Gasteiger charge is -2.30. The Morgan fingerprint density at radius 3 is 1.57 bits per heavy atom. The van der Waals surface area contributed by atoms with E-state index in [0.29, 0.717) is 0 Å². The molecular formula is C18H27O2PS2. The fraction of sp³-hybridized carbons (Fsp3) is 0.556. The normalized spacial score (nSPS) is 23.3. The Kier molecular flexibility index (Phi) is 5.31. The SMILES string of the molecule is CC1=C(OP(=S)(S)OC2=C(C)CC(C)(C)C=C2)C=CC(C)(C)C1. The molecule has 0 saturated carbocycles. The van der Waals surface area contributed by atoms with Crippen molar-refractivity contribution in [1.29, 1.82) is 0 Å². The van der Waals surface area contributed by atoms with Gasteiger partial charge in [0.2, 0.25) is 0 Å². The van der Waals surface area contributed by atoms with Crippen LogP contribution in [0.25, 0.3) is 0 Å². The van der Waals surface area contributed by atoms with Crippen molar-refractivity contribution in [3.8, 4) is 0 Å². The number of allylic oxidation sites excluding steroid dienone is 6. The highest BCUT2D eigenvalue weighted by molar-refractivity contribution is 8.60. The molecule has 2 nitrogen and oxygen atoms in total. The minimum absolute atomic E-state index is 0.160. The van der Waals surface area contributed by atoms with Crippen molar-refractivity contribution in [3.63, 3.8) is 0 Å². The molecule has 0 aromatic rings. The third-order valence-corrected chi connectivity index (χ3v) is 5.87.